The average Bonchev–Trinajstić information content (AvgIpc) is 3.20. The first-order valence-corrected chi connectivity index (χ1v) is 11.9. The van der Waals surface area contributed by atoms with E-state index in [4.69, 9.17) is 21.4 Å². The first kappa shape index (κ1) is 24.8. The van der Waals surface area contributed by atoms with Gasteiger partial charge in [0.25, 0.3) is 0 Å². The number of hydrogen-bond donors (Lipinski definition) is 3. The number of hydrogen-bond acceptors (Lipinski definition) is 7. The van der Waals surface area contributed by atoms with E-state index in [0.29, 0.717) is 54.0 Å². The van der Waals surface area contributed by atoms with Crippen LogP contribution in [0.15, 0.2) is 63.6 Å². The molecular weight excluding hydrogens is 460 g/mol. The third kappa shape index (κ3) is 7.63. The highest BCUT2D eigenvalue weighted by Gasteiger charge is 2.14. The lowest BCUT2D eigenvalue weighted by Gasteiger charge is -2.21. The number of aliphatic hydroxyl groups excluding tert-OH is 1. The highest BCUT2D eigenvalue weighted by Crippen LogP contribution is 2.26. The summed E-state index contributed by atoms with van der Waals surface area (Å²) in [4.78, 5) is 18.5. The van der Waals surface area contributed by atoms with Crippen molar-refractivity contribution in [2.24, 2.45) is 0 Å². The molecule has 3 aromatic rings. The van der Waals surface area contributed by atoms with Gasteiger partial charge >= 0.3 is 0 Å². The van der Waals surface area contributed by atoms with E-state index in [2.05, 4.69) is 21.3 Å². The summed E-state index contributed by atoms with van der Waals surface area (Å²) < 4.78 is 5.88. The number of oxazole rings is 1. The molecular formula is C24H27ClN4O3S. The molecule has 0 aliphatic rings. The fourth-order valence-corrected chi connectivity index (χ4v) is 4.48. The Kier molecular flexibility index (Phi) is 9.35. The zero-order chi connectivity index (χ0) is 23.6. The smallest absolute Gasteiger partial charge is 0.209 e. The molecule has 174 valence electrons. The predicted molar refractivity (Wildman–Crippen MR) is 133 cm³/mol. The maximum atomic E-state index is 10.7. The van der Waals surface area contributed by atoms with Crippen LogP contribution in [0.25, 0.3) is 11.1 Å². The number of benzene rings is 2. The topological polar surface area (TPSA) is 102 Å². The lowest BCUT2D eigenvalue weighted by molar-refractivity contribution is -0.109. The number of thioether (sulfide) groups is 1. The molecule has 0 saturated heterocycles. The van der Waals surface area contributed by atoms with Crippen molar-refractivity contribution >= 4 is 46.6 Å². The third-order valence-electron chi connectivity index (χ3n) is 4.86. The number of amides is 1. The Morgan fingerprint density at radius 2 is 2.09 bits per heavy atom. The molecule has 0 aliphatic heterocycles. The van der Waals surface area contributed by atoms with Crippen molar-refractivity contribution in [3.63, 3.8) is 0 Å². The standard InChI is InChI=1S/C24H27ClN4O3S/c1-17(31)13-19(26)15-33-22-8-3-2-5-18(22)9-11-29(12-10-27-16-30)14-23-28-21-7-4-6-20(25)24(21)32-23/h2-8,13,16,26,31H,9-12,14-15H2,1H3,(H,27,30)/b17-13-,26-19?. The number of rotatable bonds is 13. The van der Waals surface area contributed by atoms with E-state index in [9.17, 15) is 9.90 Å². The summed E-state index contributed by atoms with van der Waals surface area (Å²) in [5.74, 6) is 1.19. The Bertz CT molecular complexity index is 1130. The van der Waals surface area contributed by atoms with Gasteiger partial charge in [-0.2, -0.15) is 0 Å². The minimum absolute atomic E-state index is 0.133. The molecule has 0 fully saturated rings. The largest absolute Gasteiger partial charge is 0.513 e. The van der Waals surface area contributed by atoms with Crippen LogP contribution in [0, 0.1) is 5.41 Å². The summed E-state index contributed by atoms with van der Waals surface area (Å²) in [6.45, 7) is 3.95. The van der Waals surface area contributed by atoms with Gasteiger partial charge in [-0.05, 0) is 43.2 Å². The van der Waals surface area contributed by atoms with Crippen LogP contribution >= 0.6 is 23.4 Å². The summed E-state index contributed by atoms with van der Waals surface area (Å²) in [6, 6.07) is 13.6. The molecule has 0 radical (unpaired) electrons. The molecule has 0 unspecified atom stereocenters. The molecule has 3 rings (SSSR count). The second-order valence-corrected chi connectivity index (χ2v) is 8.93. The molecule has 0 atom stereocenters. The molecule has 3 N–H and O–H groups in total. The summed E-state index contributed by atoms with van der Waals surface area (Å²) in [5.41, 5.74) is 2.84. The van der Waals surface area contributed by atoms with Crippen LogP contribution < -0.4 is 5.32 Å². The van der Waals surface area contributed by atoms with Gasteiger partial charge in [0.2, 0.25) is 12.3 Å². The number of carbonyl (C=O) groups is 1. The van der Waals surface area contributed by atoms with Crippen molar-refractivity contribution in [3.05, 3.63) is 70.8 Å². The van der Waals surface area contributed by atoms with Crippen molar-refractivity contribution in [1.29, 1.82) is 5.41 Å². The molecule has 0 spiro atoms. The maximum Gasteiger partial charge on any atom is 0.209 e. The molecule has 0 saturated carbocycles. The molecule has 9 heteroatoms. The zero-order valence-electron chi connectivity index (χ0n) is 18.4. The second-order valence-electron chi connectivity index (χ2n) is 7.50. The SMILES string of the molecule is C/C(O)=C/C(=N)CSc1ccccc1CCN(CCNC=O)Cc1nc2cccc(Cl)c2o1. The van der Waals surface area contributed by atoms with Crippen molar-refractivity contribution < 1.29 is 14.3 Å². The first-order valence-electron chi connectivity index (χ1n) is 10.5. The van der Waals surface area contributed by atoms with Crippen LogP contribution in [0.4, 0.5) is 0 Å². The van der Waals surface area contributed by atoms with Crippen molar-refractivity contribution in [3.8, 4) is 0 Å². The van der Waals surface area contributed by atoms with Crippen molar-refractivity contribution in [1.82, 2.24) is 15.2 Å². The lowest BCUT2D eigenvalue weighted by atomic mass is 10.1. The monoisotopic (exact) mass is 486 g/mol. The van der Waals surface area contributed by atoms with Crippen LogP contribution in [-0.4, -0.2) is 52.5 Å². The Morgan fingerprint density at radius 3 is 2.85 bits per heavy atom. The minimum Gasteiger partial charge on any atom is -0.513 e. The van der Waals surface area contributed by atoms with E-state index in [1.165, 1.54) is 11.6 Å². The van der Waals surface area contributed by atoms with Crippen LogP contribution in [0.5, 0.6) is 0 Å². The molecule has 1 heterocycles. The first-order chi connectivity index (χ1) is 16.0. The van der Waals surface area contributed by atoms with E-state index in [-0.39, 0.29) is 5.76 Å². The normalized spacial score (nSPS) is 11.8. The number of carbonyl (C=O) groups excluding carboxylic acids is 1. The number of nitrogens with zero attached hydrogens (tertiary/aromatic N) is 2. The van der Waals surface area contributed by atoms with Crippen LogP contribution in [-0.2, 0) is 17.8 Å². The third-order valence-corrected chi connectivity index (χ3v) is 6.32. The molecule has 7 nitrogen and oxygen atoms in total. The summed E-state index contributed by atoms with van der Waals surface area (Å²) in [6.07, 6.45) is 2.94. The predicted octanol–water partition coefficient (Wildman–Crippen LogP) is 4.85. The molecule has 2 aromatic carbocycles. The number of para-hydroxylation sites is 1. The number of aliphatic hydroxyl groups is 1. The number of allylic oxidation sites excluding steroid dienone is 2. The fourth-order valence-electron chi connectivity index (χ4n) is 3.35. The zero-order valence-corrected chi connectivity index (χ0v) is 20.0. The van der Waals surface area contributed by atoms with Crippen LogP contribution in [0.1, 0.15) is 18.4 Å². The Morgan fingerprint density at radius 1 is 1.27 bits per heavy atom. The lowest BCUT2D eigenvalue weighted by Crippen LogP contribution is -2.33. The van der Waals surface area contributed by atoms with Crippen LogP contribution in [0.2, 0.25) is 5.02 Å². The second kappa shape index (κ2) is 12.4. The van der Waals surface area contributed by atoms with E-state index in [1.54, 1.807) is 24.8 Å². The molecule has 33 heavy (non-hydrogen) atoms. The number of aromatic nitrogens is 1. The molecule has 1 amide bonds. The van der Waals surface area contributed by atoms with Gasteiger partial charge in [0.1, 0.15) is 5.52 Å². The van der Waals surface area contributed by atoms with Gasteiger partial charge in [-0.1, -0.05) is 35.9 Å². The van der Waals surface area contributed by atoms with Crippen molar-refractivity contribution in [2.45, 2.75) is 24.8 Å². The van der Waals surface area contributed by atoms with Gasteiger partial charge < -0.3 is 20.2 Å². The number of nitrogens with one attached hydrogen (secondary N) is 2. The van der Waals surface area contributed by atoms with Crippen molar-refractivity contribution in [2.75, 3.05) is 25.4 Å². The number of fused-ring (bicyclic) bond motifs is 1. The average molecular weight is 487 g/mol. The quantitative estimate of drug-likeness (QED) is 0.105. The van der Waals surface area contributed by atoms with Gasteiger partial charge in [-0.3, -0.25) is 9.69 Å². The Hall–Kier alpha value is -2.81. The van der Waals surface area contributed by atoms with Crippen LogP contribution in [0.3, 0.4) is 0 Å². The maximum absolute atomic E-state index is 10.7. The van der Waals surface area contributed by atoms with E-state index >= 15 is 0 Å². The summed E-state index contributed by atoms with van der Waals surface area (Å²) >= 11 is 7.79. The molecule has 0 aliphatic carbocycles. The highest BCUT2D eigenvalue weighted by molar-refractivity contribution is 8.00. The highest BCUT2D eigenvalue weighted by atomic mass is 35.5. The van der Waals surface area contributed by atoms with Gasteiger partial charge in [0, 0.05) is 36.0 Å². The summed E-state index contributed by atoms with van der Waals surface area (Å²) in [7, 11) is 0. The van der Waals surface area contributed by atoms with E-state index < -0.39 is 0 Å². The van der Waals surface area contributed by atoms with Gasteiger partial charge in [0.05, 0.1) is 17.3 Å². The fraction of sp³-hybridized carbons (Fsp3) is 0.292. The van der Waals surface area contributed by atoms with Gasteiger partial charge in [-0.15, -0.1) is 11.8 Å². The van der Waals surface area contributed by atoms with E-state index in [0.717, 1.165) is 23.4 Å². The Balaban J connectivity index is 1.68. The number of halogens is 1. The van der Waals surface area contributed by atoms with E-state index in [1.807, 2.05) is 30.3 Å². The van der Waals surface area contributed by atoms with Gasteiger partial charge in [-0.25, -0.2) is 4.98 Å². The Labute approximate surface area is 202 Å². The summed E-state index contributed by atoms with van der Waals surface area (Å²) in [5, 5.41) is 20.6. The minimum atomic E-state index is 0.133. The molecule has 1 aromatic heterocycles. The van der Waals surface area contributed by atoms with Gasteiger partial charge in [0.15, 0.2) is 5.58 Å². The molecule has 0 bridgehead atoms.